The Morgan fingerprint density at radius 3 is 2.25 bits per heavy atom. The molecule has 0 aliphatic rings. The summed E-state index contributed by atoms with van der Waals surface area (Å²) in [6.07, 6.45) is -3.02. The van der Waals surface area contributed by atoms with Crippen molar-refractivity contribution in [2.45, 2.75) is 32.5 Å². The molecule has 20 heavy (non-hydrogen) atoms. The Morgan fingerprint density at radius 1 is 1.05 bits per heavy atom. The number of rotatable bonds is 2. The first-order chi connectivity index (χ1) is 9.15. The van der Waals surface area contributed by atoms with Crippen molar-refractivity contribution in [2.75, 3.05) is 0 Å². The number of benzene rings is 1. The molecule has 1 aromatic carbocycles. The Bertz CT molecular complexity index is 578. The molecule has 0 saturated carbocycles. The summed E-state index contributed by atoms with van der Waals surface area (Å²) in [5, 5.41) is 0. The van der Waals surface area contributed by atoms with Crippen LogP contribution in [0.1, 0.15) is 26.3 Å². The second-order valence-corrected chi connectivity index (χ2v) is 5.44. The Kier molecular flexibility index (Phi) is 3.54. The minimum atomic E-state index is -4.43. The number of alkyl halides is 3. The lowest BCUT2D eigenvalue weighted by Crippen LogP contribution is -2.23. The van der Waals surface area contributed by atoms with Crippen LogP contribution in [0.2, 0.25) is 0 Å². The van der Waals surface area contributed by atoms with Crippen molar-refractivity contribution in [3.05, 3.63) is 42.2 Å². The largest absolute Gasteiger partial charge is 0.488 e. The highest BCUT2D eigenvalue weighted by Gasteiger charge is 2.32. The summed E-state index contributed by atoms with van der Waals surface area (Å²) >= 11 is 0. The van der Waals surface area contributed by atoms with E-state index in [-0.39, 0.29) is 5.75 Å². The minimum Gasteiger partial charge on any atom is -0.488 e. The van der Waals surface area contributed by atoms with E-state index in [1.807, 2.05) is 0 Å². The van der Waals surface area contributed by atoms with Crippen molar-refractivity contribution in [1.82, 2.24) is 0 Å². The fourth-order valence-electron chi connectivity index (χ4n) is 1.76. The standard InChI is InChI=1S/C15H15F3O2/c1-14(2,3)20-12-8-10(13-5-4-6-19-13)7-11(9-12)15(16,17)18/h4-9H,1-3H3. The van der Waals surface area contributed by atoms with Gasteiger partial charge in [-0.25, -0.2) is 0 Å². The highest BCUT2D eigenvalue weighted by molar-refractivity contribution is 5.61. The molecule has 0 amide bonds. The third kappa shape index (κ3) is 3.56. The van der Waals surface area contributed by atoms with Gasteiger partial charge >= 0.3 is 6.18 Å². The van der Waals surface area contributed by atoms with Gasteiger partial charge in [-0.15, -0.1) is 0 Å². The predicted molar refractivity (Wildman–Crippen MR) is 69.5 cm³/mol. The number of hydrogen-bond acceptors (Lipinski definition) is 2. The second kappa shape index (κ2) is 4.89. The molecule has 0 saturated heterocycles. The molecule has 2 aromatic rings. The molecule has 0 aliphatic carbocycles. The van der Waals surface area contributed by atoms with E-state index in [4.69, 9.17) is 9.15 Å². The Hall–Kier alpha value is -1.91. The van der Waals surface area contributed by atoms with Gasteiger partial charge in [0.25, 0.3) is 0 Å². The van der Waals surface area contributed by atoms with Gasteiger partial charge in [0.05, 0.1) is 11.8 Å². The molecular weight excluding hydrogens is 269 g/mol. The van der Waals surface area contributed by atoms with Gasteiger partial charge in [0.15, 0.2) is 0 Å². The quantitative estimate of drug-likeness (QED) is 0.761. The molecule has 0 spiro atoms. The molecule has 1 aromatic heterocycles. The van der Waals surface area contributed by atoms with Gasteiger partial charge in [-0.3, -0.25) is 0 Å². The Morgan fingerprint density at radius 2 is 1.75 bits per heavy atom. The van der Waals surface area contributed by atoms with Crippen molar-refractivity contribution >= 4 is 0 Å². The zero-order chi connectivity index (χ0) is 15.0. The molecule has 108 valence electrons. The molecule has 5 heteroatoms. The van der Waals surface area contributed by atoms with E-state index in [0.29, 0.717) is 11.3 Å². The van der Waals surface area contributed by atoms with Gasteiger partial charge in [0.1, 0.15) is 17.1 Å². The minimum absolute atomic E-state index is 0.165. The van der Waals surface area contributed by atoms with Crippen LogP contribution < -0.4 is 4.74 Å². The molecule has 0 fully saturated rings. The lowest BCUT2D eigenvalue weighted by Gasteiger charge is -2.22. The van der Waals surface area contributed by atoms with E-state index in [2.05, 4.69) is 0 Å². The van der Waals surface area contributed by atoms with Gasteiger partial charge in [0, 0.05) is 5.56 Å². The lowest BCUT2D eigenvalue weighted by atomic mass is 10.1. The van der Waals surface area contributed by atoms with Crippen LogP contribution in [0.15, 0.2) is 41.0 Å². The molecule has 2 rings (SSSR count). The number of hydrogen-bond donors (Lipinski definition) is 0. The summed E-state index contributed by atoms with van der Waals surface area (Å²) in [6.45, 7) is 5.33. The number of furan rings is 1. The van der Waals surface area contributed by atoms with Crippen molar-refractivity contribution < 1.29 is 22.3 Å². The van der Waals surface area contributed by atoms with Crippen molar-refractivity contribution in [3.8, 4) is 17.1 Å². The summed E-state index contributed by atoms with van der Waals surface area (Å²) in [5.41, 5.74) is -1.00. The highest BCUT2D eigenvalue weighted by atomic mass is 19.4. The summed E-state index contributed by atoms with van der Waals surface area (Å²) < 4.78 is 49.5. The third-order valence-corrected chi connectivity index (χ3v) is 2.46. The van der Waals surface area contributed by atoms with Crippen LogP contribution in [0.25, 0.3) is 11.3 Å². The zero-order valence-electron chi connectivity index (χ0n) is 11.4. The normalized spacial score (nSPS) is 12.5. The van der Waals surface area contributed by atoms with E-state index in [9.17, 15) is 13.2 Å². The monoisotopic (exact) mass is 284 g/mol. The maximum Gasteiger partial charge on any atom is 0.416 e. The number of ether oxygens (including phenoxy) is 1. The predicted octanol–water partition coefficient (Wildman–Crippen LogP) is 5.14. The van der Waals surface area contributed by atoms with Gasteiger partial charge in [-0.1, -0.05) is 0 Å². The van der Waals surface area contributed by atoms with Crippen LogP contribution in [0.4, 0.5) is 13.2 Å². The Balaban J connectivity index is 2.50. The van der Waals surface area contributed by atoms with E-state index < -0.39 is 17.3 Å². The van der Waals surface area contributed by atoms with Crippen LogP contribution in [-0.2, 0) is 6.18 Å². The van der Waals surface area contributed by atoms with Crippen molar-refractivity contribution in [2.24, 2.45) is 0 Å². The molecule has 0 radical (unpaired) electrons. The van der Waals surface area contributed by atoms with Crippen LogP contribution in [0.5, 0.6) is 5.75 Å². The first-order valence-corrected chi connectivity index (χ1v) is 6.10. The van der Waals surface area contributed by atoms with Crippen molar-refractivity contribution in [3.63, 3.8) is 0 Å². The average molecular weight is 284 g/mol. The fraction of sp³-hybridized carbons (Fsp3) is 0.333. The van der Waals surface area contributed by atoms with E-state index in [1.54, 1.807) is 39.0 Å². The molecule has 0 N–H and O–H groups in total. The Labute approximate surface area is 115 Å². The van der Waals surface area contributed by atoms with Gasteiger partial charge < -0.3 is 9.15 Å². The van der Waals surface area contributed by atoms with Crippen LogP contribution in [0.3, 0.4) is 0 Å². The summed E-state index contributed by atoms with van der Waals surface area (Å²) in [5.74, 6) is 0.536. The smallest absolute Gasteiger partial charge is 0.416 e. The highest BCUT2D eigenvalue weighted by Crippen LogP contribution is 2.36. The topological polar surface area (TPSA) is 22.4 Å². The average Bonchev–Trinajstić information content (AvgIpc) is 2.78. The molecule has 0 aliphatic heterocycles. The fourth-order valence-corrected chi connectivity index (χ4v) is 1.76. The van der Waals surface area contributed by atoms with E-state index in [0.717, 1.165) is 12.1 Å². The van der Waals surface area contributed by atoms with E-state index in [1.165, 1.54) is 6.26 Å². The second-order valence-electron chi connectivity index (χ2n) is 5.44. The summed E-state index contributed by atoms with van der Waals surface area (Å²) in [6, 6.07) is 6.82. The zero-order valence-corrected chi connectivity index (χ0v) is 11.4. The van der Waals surface area contributed by atoms with Gasteiger partial charge in [-0.2, -0.15) is 13.2 Å². The van der Waals surface area contributed by atoms with Crippen LogP contribution >= 0.6 is 0 Å². The maximum absolute atomic E-state index is 12.9. The molecule has 0 unspecified atom stereocenters. The first kappa shape index (κ1) is 14.5. The molecular formula is C15H15F3O2. The first-order valence-electron chi connectivity index (χ1n) is 6.10. The number of halogens is 3. The third-order valence-electron chi connectivity index (χ3n) is 2.46. The molecule has 2 nitrogen and oxygen atoms in total. The maximum atomic E-state index is 12.9. The van der Waals surface area contributed by atoms with Crippen molar-refractivity contribution in [1.29, 1.82) is 0 Å². The molecule has 1 heterocycles. The van der Waals surface area contributed by atoms with Gasteiger partial charge in [0.2, 0.25) is 0 Å². The van der Waals surface area contributed by atoms with E-state index >= 15 is 0 Å². The summed E-state index contributed by atoms with van der Waals surface area (Å²) in [7, 11) is 0. The molecule has 0 bridgehead atoms. The SMILES string of the molecule is CC(C)(C)Oc1cc(-c2ccco2)cc(C(F)(F)F)c1. The van der Waals surface area contributed by atoms with Crippen LogP contribution in [-0.4, -0.2) is 5.60 Å². The lowest BCUT2D eigenvalue weighted by molar-refractivity contribution is -0.137. The van der Waals surface area contributed by atoms with Crippen LogP contribution in [0, 0.1) is 0 Å². The van der Waals surface area contributed by atoms with Gasteiger partial charge in [-0.05, 0) is 51.1 Å². The molecule has 0 atom stereocenters. The summed E-state index contributed by atoms with van der Waals surface area (Å²) in [4.78, 5) is 0.